The van der Waals surface area contributed by atoms with E-state index in [2.05, 4.69) is 6.92 Å². The summed E-state index contributed by atoms with van der Waals surface area (Å²) in [4.78, 5) is 14.7. The summed E-state index contributed by atoms with van der Waals surface area (Å²) >= 11 is 6.39. The van der Waals surface area contributed by atoms with Crippen LogP contribution in [0.1, 0.15) is 50.9 Å². The second-order valence-electron chi connectivity index (χ2n) is 6.39. The van der Waals surface area contributed by atoms with Gasteiger partial charge < -0.3 is 19.1 Å². The first-order chi connectivity index (χ1) is 12.0. The van der Waals surface area contributed by atoms with Gasteiger partial charge in [0.15, 0.2) is 11.5 Å². The van der Waals surface area contributed by atoms with Crippen LogP contribution in [0.4, 0.5) is 0 Å². The Kier molecular flexibility index (Phi) is 7.38. The van der Waals surface area contributed by atoms with Crippen molar-refractivity contribution in [1.82, 2.24) is 4.90 Å². The van der Waals surface area contributed by atoms with Gasteiger partial charge in [-0.1, -0.05) is 24.9 Å². The van der Waals surface area contributed by atoms with Crippen LogP contribution in [-0.2, 0) is 4.74 Å². The Bertz CT molecular complexity index is 583. The van der Waals surface area contributed by atoms with E-state index in [1.807, 2.05) is 20.8 Å². The Morgan fingerprint density at radius 3 is 2.52 bits per heavy atom. The molecule has 1 amide bonds. The number of hydrogen-bond acceptors (Lipinski definition) is 4. The van der Waals surface area contributed by atoms with Crippen molar-refractivity contribution in [3.63, 3.8) is 0 Å². The van der Waals surface area contributed by atoms with E-state index in [1.165, 1.54) is 0 Å². The van der Waals surface area contributed by atoms with E-state index in [-0.39, 0.29) is 18.1 Å². The van der Waals surface area contributed by atoms with Crippen molar-refractivity contribution in [2.24, 2.45) is 0 Å². The molecule has 0 bridgehead atoms. The van der Waals surface area contributed by atoms with Gasteiger partial charge in [0.05, 0.1) is 30.4 Å². The van der Waals surface area contributed by atoms with Crippen LogP contribution in [0, 0.1) is 0 Å². The van der Waals surface area contributed by atoms with Crippen molar-refractivity contribution in [3.05, 3.63) is 22.7 Å². The molecule has 0 N–H and O–H groups in total. The normalized spacial score (nSPS) is 20.4. The number of carbonyl (C=O) groups is 1. The van der Waals surface area contributed by atoms with E-state index in [0.29, 0.717) is 48.4 Å². The first-order valence-electron chi connectivity index (χ1n) is 9.00. The Morgan fingerprint density at radius 2 is 1.92 bits per heavy atom. The lowest BCUT2D eigenvalue weighted by atomic mass is 10.1. The first-order valence-corrected chi connectivity index (χ1v) is 9.37. The summed E-state index contributed by atoms with van der Waals surface area (Å²) < 4.78 is 17.1. The number of carbonyl (C=O) groups excluding carboxylic acids is 1. The number of morpholine rings is 1. The summed E-state index contributed by atoms with van der Waals surface area (Å²) in [5.74, 6) is 0.964. The van der Waals surface area contributed by atoms with Gasteiger partial charge in [-0.2, -0.15) is 0 Å². The number of ether oxygens (including phenoxy) is 3. The average molecular weight is 370 g/mol. The summed E-state index contributed by atoms with van der Waals surface area (Å²) in [5.41, 5.74) is 0.512. The summed E-state index contributed by atoms with van der Waals surface area (Å²) in [6, 6.07) is 3.39. The molecule has 1 aromatic rings. The van der Waals surface area contributed by atoms with Gasteiger partial charge in [0.2, 0.25) is 0 Å². The number of benzene rings is 1. The third-order valence-corrected chi connectivity index (χ3v) is 4.29. The van der Waals surface area contributed by atoms with Crippen LogP contribution in [-0.4, -0.2) is 49.3 Å². The van der Waals surface area contributed by atoms with Gasteiger partial charge >= 0.3 is 0 Å². The molecule has 1 saturated heterocycles. The molecule has 1 fully saturated rings. The van der Waals surface area contributed by atoms with Crippen LogP contribution in [0.3, 0.4) is 0 Å². The third kappa shape index (κ3) is 5.25. The van der Waals surface area contributed by atoms with Crippen LogP contribution >= 0.6 is 11.6 Å². The predicted octanol–water partition coefficient (Wildman–Crippen LogP) is 4.17. The van der Waals surface area contributed by atoms with Crippen molar-refractivity contribution in [3.8, 4) is 11.5 Å². The minimum atomic E-state index is -0.0649. The van der Waals surface area contributed by atoms with E-state index in [0.717, 1.165) is 12.8 Å². The Balaban J connectivity index is 2.24. The molecule has 1 aliphatic heterocycles. The zero-order valence-electron chi connectivity index (χ0n) is 15.5. The van der Waals surface area contributed by atoms with Gasteiger partial charge in [-0.15, -0.1) is 0 Å². The van der Waals surface area contributed by atoms with Crippen LogP contribution in [0.2, 0.25) is 5.02 Å². The van der Waals surface area contributed by atoms with Crippen LogP contribution in [0.5, 0.6) is 11.5 Å². The molecule has 2 unspecified atom stereocenters. The number of unbranched alkanes of at least 4 members (excludes halogenated alkanes) is 1. The number of halogens is 1. The predicted molar refractivity (Wildman–Crippen MR) is 98.9 cm³/mol. The Morgan fingerprint density at radius 1 is 1.24 bits per heavy atom. The molecule has 1 aliphatic rings. The lowest BCUT2D eigenvalue weighted by molar-refractivity contribution is -0.0586. The largest absolute Gasteiger partial charge is 0.490 e. The standard InChI is InChI=1S/C19H28ClNO4/c1-5-7-8-24-18-16(20)9-15(10-17(18)23-6-2)19(22)21-11-13(3)25-14(4)12-21/h9-10,13-14H,5-8,11-12H2,1-4H3. The molecule has 6 heteroatoms. The van der Waals surface area contributed by atoms with E-state index >= 15 is 0 Å². The van der Waals surface area contributed by atoms with Crippen molar-refractivity contribution < 1.29 is 19.0 Å². The molecule has 25 heavy (non-hydrogen) atoms. The Hall–Kier alpha value is -1.46. The molecular formula is C19H28ClNO4. The summed E-state index contributed by atoms with van der Waals surface area (Å²) in [5, 5.41) is 0.403. The zero-order chi connectivity index (χ0) is 18.4. The van der Waals surface area contributed by atoms with Crippen molar-refractivity contribution in [2.45, 2.75) is 52.7 Å². The highest BCUT2D eigenvalue weighted by atomic mass is 35.5. The van der Waals surface area contributed by atoms with Gasteiger partial charge in [0.1, 0.15) is 0 Å². The van der Waals surface area contributed by atoms with Gasteiger partial charge in [0, 0.05) is 18.7 Å². The SMILES string of the molecule is CCCCOc1c(Cl)cc(C(=O)N2CC(C)OC(C)C2)cc1OCC. The fourth-order valence-corrected chi connectivity index (χ4v) is 3.20. The quantitative estimate of drug-likeness (QED) is 0.677. The van der Waals surface area contributed by atoms with Crippen molar-refractivity contribution in [1.29, 1.82) is 0 Å². The van der Waals surface area contributed by atoms with Crippen molar-refractivity contribution >= 4 is 17.5 Å². The summed E-state index contributed by atoms with van der Waals surface area (Å²) in [6.07, 6.45) is 2.01. The molecule has 0 aromatic heterocycles. The van der Waals surface area contributed by atoms with Gasteiger partial charge in [-0.05, 0) is 39.3 Å². The topological polar surface area (TPSA) is 48.0 Å². The molecule has 0 radical (unpaired) electrons. The molecule has 140 valence electrons. The van der Waals surface area contributed by atoms with Gasteiger partial charge in [-0.25, -0.2) is 0 Å². The number of amides is 1. The highest BCUT2D eigenvalue weighted by Crippen LogP contribution is 2.37. The first kappa shape index (κ1) is 19.9. The maximum absolute atomic E-state index is 12.9. The number of hydrogen-bond donors (Lipinski definition) is 0. The molecule has 2 atom stereocenters. The van der Waals surface area contributed by atoms with Crippen LogP contribution in [0.25, 0.3) is 0 Å². The van der Waals surface area contributed by atoms with Crippen molar-refractivity contribution in [2.75, 3.05) is 26.3 Å². The summed E-state index contributed by atoms with van der Waals surface area (Å²) in [7, 11) is 0. The average Bonchev–Trinajstić information content (AvgIpc) is 2.55. The fraction of sp³-hybridized carbons (Fsp3) is 0.632. The Labute approximate surface area is 155 Å². The van der Waals surface area contributed by atoms with Gasteiger partial charge in [0.25, 0.3) is 5.91 Å². The second-order valence-corrected chi connectivity index (χ2v) is 6.80. The lowest BCUT2D eigenvalue weighted by Crippen LogP contribution is -2.48. The monoisotopic (exact) mass is 369 g/mol. The maximum atomic E-state index is 12.9. The molecule has 0 aliphatic carbocycles. The second kappa shape index (κ2) is 9.30. The van der Waals surface area contributed by atoms with E-state index in [9.17, 15) is 4.79 Å². The lowest BCUT2D eigenvalue weighted by Gasteiger charge is -2.35. The number of nitrogens with zero attached hydrogens (tertiary/aromatic N) is 1. The van der Waals surface area contributed by atoms with Crippen LogP contribution in [0.15, 0.2) is 12.1 Å². The fourth-order valence-electron chi connectivity index (χ4n) is 2.94. The minimum Gasteiger partial charge on any atom is -0.490 e. The number of rotatable bonds is 7. The van der Waals surface area contributed by atoms with E-state index in [1.54, 1.807) is 17.0 Å². The molecule has 0 spiro atoms. The minimum absolute atomic E-state index is 0.0196. The van der Waals surface area contributed by atoms with E-state index < -0.39 is 0 Å². The molecule has 0 saturated carbocycles. The zero-order valence-corrected chi connectivity index (χ0v) is 16.3. The molecular weight excluding hydrogens is 342 g/mol. The summed E-state index contributed by atoms with van der Waals surface area (Å²) in [6.45, 7) is 10.1. The maximum Gasteiger partial charge on any atom is 0.254 e. The highest BCUT2D eigenvalue weighted by molar-refractivity contribution is 6.32. The highest BCUT2D eigenvalue weighted by Gasteiger charge is 2.28. The van der Waals surface area contributed by atoms with Gasteiger partial charge in [-0.3, -0.25) is 4.79 Å². The molecule has 1 heterocycles. The third-order valence-electron chi connectivity index (χ3n) is 4.01. The molecule has 2 rings (SSSR count). The van der Waals surface area contributed by atoms with Crippen LogP contribution < -0.4 is 9.47 Å². The molecule has 1 aromatic carbocycles. The molecule has 5 nitrogen and oxygen atoms in total. The smallest absolute Gasteiger partial charge is 0.254 e. The van der Waals surface area contributed by atoms with E-state index in [4.69, 9.17) is 25.8 Å².